The van der Waals surface area contributed by atoms with Crippen molar-refractivity contribution < 1.29 is 14.7 Å². The molecule has 1 N–H and O–H groups in total. The number of benzene rings is 1. The maximum absolute atomic E-state index is 12.5. The van der Waals surface area contributed by atoms with Gasteiger partial charge in [-0.25, -0.2) is 4.79 Å². The highest BCUT2D eigenvalue weighted by molar-refractivity contribution is 6.02. The lowest BCUT2D eigenvalue weighted by Gasteiger charge is -2.38. The van der Waals surface area contributed by atoms with Crippen molar-refractivity contribution in [3.05, 3.63) is 42.0 Å². The van der Waals surface area contributed by atoms with Crippen molar-refractivity contribution in [2.24, 2.45) is 0 Å². The monoisotopic (exact) mass is 330 g/mol. The lowest BCUT2D eigenvalue weighted by atomic mass is 10.0. The summed E-state index contributed by atoms with van der Waals surface area (Å²) in [6.07, 6.45) is 3.72. The summed E-state index contributed by atoms with van der Waals surface area (Å²) in [6, 6.07) is 7.56. The molecule has 0 fully saturated rings. The first kappa shape index (κ1) is 18.0. The molecule has 1 aromatic rings. The molecule has 130 valence electrons. The summed E-state index contributed by atoms with van der Waals surface area (Å²) in [5.74, 6) is -0.0994. The molecule has 0 bridgehead atoms. The van der Waals surface area contributed by atoms with E-state index in [-0.39, 0.29) is 11.9 Å². The summed E-state index contributed by atoms with van der Waals surface area (Å²) in [5, 5.41) is 9.51. The molecule has 0 unspecified atom stereocenters. The lowest BCUT2D eigenvalue weighted by molar-refractivity contribution is -0.114. The Hall–Kier alpha value is -2.30. The van der Waals surface area contributed by atoms with E-state index in [1.54, 1.807) is 11.0 Å². The van der Waals surface area contributed by atoms with Crippen LogP contribution >= 0.6 is 0 Å². The van der Waals surface area contributed by atoms with Gasteiger partial charge in [-0.1, -0.05) is 31.2 Å². The number of rotatable bonds is 4. The maximum atomic E-state index is 12.5. The third kappa shape index (κ3) is 3.78. The minimum Gasteiger partial charge on any atom is -0.465 e. The molecule has 1 aliphatic rings. The number of nitrogens with zero attached hydrogens (tertiary/aromatic N) is 2. The fourth-order valence-electron chi connectivity index (χ4n) is 3.18. The molecule has 2 amide bonds. The van der Waals surface area contributed by atoms with Crippen LogP contribution in [0.3, 0.4) is 0 Å². The Balaban J connectivity index is 2.16. The van der Waals surface area contributed by atoms with E-state index in [0.717, 1.165) is 12.1 Å². The van der Waals surface area contributed by atoms with Gasteiger partial charge in [0.1, 0.15) is 0 Å². The number of para-hydroxylation sites is 1. The molecule has 0 saturated carbocycles. The SMILES string of the molecule is CC[C@@H](/C=C/C(=O)N1CCc2ccccc21)N(C(=O)O)C(C)(C)C. The Kier molecular flexibility index (Phi) is 5.32. The smallest absolute Gasteiger partial charge is 0.408 e. The van der Waals surface area contributed by atoms with Crippen molar-refractivity contribution in [3.8, 4) is 0 Å². The number of hydrogen-bond donors (Lipinski definition) is 1. The topological polar surface area (TPSA) is 60.9 Å². The van der Waals surface area contributed by atoms with Gasteiger partial charge in [-0.05, 0) is 45.2 Å². The van der Waals surface area contributed by atoms with Crippen molar-refractivity contribution in [3.63, 3.8) is 0 Å². The number of carbonyl (C=O) groups is 2. The number of carbonyl (C=O) groups excluding carboxylic acids is 1. The molecule has 0 aliphatic carbocycles. The average molecular weight is 330 g/mol. The number of anilines is 1. The maximum Gasteiger partial charge on any atom is 0.408 e. The molecule has 0 saturated heterocycles. The minimum absolute atomic E-state index is 0.0994. The van der Waals surface area contributed by atoms with E-state index in [4.69, 9.17) is 0 Å². The van der Waals surface area contributed by atoms with E-state index >= 15 is 0 Å². The lowest BCUT2D eigenvalue weighted by Crippen LogP contribution is -2.50. The Morgan fingerprint density at radius 3 is 2.58 bits per heavy atom. The highest BCUT2D eigenvalue weighted by atomic mass is 16.4. The van der Waals surface area contributed by atoms with Crippen LogP contribution < -0.4 is 4.90 Å². The van der Waals surface area contributed by atoms with Crippen molar-refractivity contribution in [2.45, 2.75) is 52.1 Å². The van der Waals surface area contributed by atoms with Crippen LogP contribution in [0.25, 0.3) is 0 Å². The highest BCUT2D eigenvalue weighted by Gasteiger charge is 2.31. The van der Waals surface area contributed by atoms with Crippen LogP contribution in [-0.2, 0) is 11.2 Å². The van der Waals surface area contributed by atoms with Crippen molar-refractivity contribution in [1.82, 2.24) is 4.90 Å². The number of carboxylic acid groups (broad SMARTS) is 1. The van der Waals surface area contributed by atoms with Gasteiger partial charge in [0, 0.05) is 23.8 Å². The average Bonchev–Trinajstić information content (AvgIpc) is 2.93. The van der Waals surface area contributed by atoms with Crippen molar-refractivity contribution in [2.75, 3.05) is 11.4 Å². The van der Waals surface area contributed by atoms with Crippen LogP contribution in [0.2, 0.25) is 0 Å². The first-order valence-electron chi connectivity index (χ1n) is 8.35. The summed E-state index contributed by atoms with van der Waals surface area (Å²) < 4.78 is 0. The van der Waals surface area contributed by atoms with Gasteiger partial charge >= 0.3 is 6.09 Å². The predicted octanol–water partition coefficient (Wildman–Crippen LogP) is 3.69. The van der Waals surface area contributed by atoms with E-state index in [1.165, 1.54) is 16.5 Å². The van der Waals surface area contributed by atoms with Gasteiger partial charge in [0.15, 0.2) is 0 Å². The minimum atomic E-state index is -0.974. The van der Waals surface area contributed by atoms with Crippen molar-refractivity contribution in [1.29, 1.82) is 0 Å². The first-order chi connectivity index (χ1) is 11.3. The molecular formula is C19H26N2O3. The number of amides is 2. The van der Waals surface area contributed by atoms with Gasteiger partial charge in [-0.2, -0.15) is 0 Å². The Morgan fingerprint density at radius 2 is 2.00 bits per heavy atom. The number of hydrogen-bond acceptors (Lipinski definition) is 2. The zero-order valence-electron chi connectivity index (χ0n) is 14.8. The molecule has 5 nitrogen and oxygen atoms in total. The van der Waals surface area contributed by atoms with E-state index in [2.05, 4.69) is 0 Å². The van der Waals surface area contributed by atoms with Gasteiger partial charge in [0.2, 0.25) is 0 Å². The largest absolute Gasteiger partial charge is 0.465 e. The van der Waals surface area contributed by atoms with Crippen LogP contribution in [0.15, 0.2) is 36.4 Å². The number of fused-ring (bicyclic) bond motifs is 1. The van der Waals surface area contributed by atoms with Crippen LogP contribution in [0.5, 0.6) is 0 Å². The molecule has 1 aromatic carbocycles. The van der Waals surface area contributed by atoms with Gasteiger partial charge in [0.05, 0.1) is 6.04 Å². The fourth-order valence-corrected chi connectivity index (χ4v) is 3.18. The van der Waals surface area contributed by atoms with Gasteiger partial charge in [-0.3, -0.25) is 9.69 Å². The van der Waals surface area contributed by atoms with Crippen molar-refractivity contribution >= 4 is 17.7 Å². The normalized spacial score (nSPS) is 15.4. The zero-order chi connectivity index (χ0) is 17.9. The van der Waals surface area contributed by atoms with Crippen LogP contribution in [0.1, 0.15) is 39.7 Å². The van der Waals surface area contributed by atoms with Gasteiger partial charge in [0.25, 0.3) is 5.91 Å². The molecule has 5 heteroatoms. The fraction of sp³-hybridized carbons (Fsp3) is 0.474. The zero-order valence-corrected chi connectivity index (χ0v) is 14.8. The molecule has 0 spiro atoms. The van der Waals surface area contributed by atoms with E-state index in [1.807, 2.05) is 52.0 Å². The van der Waals surface area contributed by atoms with Crippen LogP contribution in [0.4, 0.5) is 10.5 Å². The van der Waals surface area contributed by atoms with Gasteiger partial charge in [-0.15, -0.1) is 0 Å². The second-order valence-corrected chi connectivity index (χ2v) is 7.03. The molecule has 1 atom stereocenters. The highest BCUT2D eigenvalue weighted by Crippen LogP contribution is 2.27. The Labute approximate surface area is 143 Å². The quantitative estimate of drug-likeness (QED) is 0.857. The standard InChI is InChI=1S/C19H26N2O3/c1-5-15(21(18(23)24)19(2,3)4)10-11-17(22)20-13-12-14-8-6-7-9-16(14)20/h6-11,15H,5,12-13H2,1-4H3,(H,23,24)/b11-10+/t15-/m0/s1. The second-order valence-electron chi connectivity index (χ2n) is 7.03. The van der Waals surface area contributed by atoms with E-state index in [9.17, 15) is 14.7 Å². The molecular weight excluding hydrogens is 304 g/mol. The third-order valence-corrected chi connectivity index (χ3v) is 4.29. The molecule has 0 radical (unpaired) electrons. The third-order valence-electron chi connectivity index (χ3n) is 4.29. The van der Waals surface area contributed by atoms with Gasteiger partial charge < -0.3 is 10.0 Å². The predicted molar refractivity (Wildman–Crippen MR) is 95.3 cm³/mol. The van der Waals surface area contributed by atoms with Crippen LogP contribution in [0, 0.1) is 0 Å². The molecule has 24 heavy (non-hydrogen) atoms. The first-order valence-corrected chi connectivity index (χ1v) is 8.35. The summed E-state index contributed by atoms with van der Waals surface area (Å²) in [5.41, 5.74) is 1.60. The Bertz CT molecular complexity index is 646. The molecule has 0 aromatic heterocycles. The Morgan fingerprint density at radius 1 is 1.33 bits per heavy atom. The second kappa shape index (κ2) is 7.07. The van der Waals surface area contributed by atoms with E-state index in [0.29, 0.717) is 13.0 Å². The molecule has 1 heterocycles. The summed E-state index contributed by atoms with van der Waals surface area (Å²) in [6.45, 7) is 8.16. The molecule has 2 rings (SSSR count). The van der Waals surface area contributed by atoms with Crippen LogP contribution in [-0.4, -0.2) is 40.1 Å². The summed E-state index contributed by atoms with van der Waals surface area (Å²) >= 11 is 0. The van der Waals surface area contributed by atoms with E-state index < -0.39 is 11.6 Å². The molecule has 1 aliphatic heterocycles. The summed E-state index contributed by atoms with van der Waals surface area (Å²) in [4.78, 5) is 27.3. The summed E-state index contributed by atoms with van der Waals surface area (Å²) in [7, 11) is 0.